The van der Waals surface area contributed by atoms with E-state index in [4.69, 9.17) is 4.74 Å². The van der Waals surface area contributed by atoms with E-state index >= 15 is 0 Å². The second kappa shape index (κ2) is 7.82. The zero-order chi connectivity index (χ0) is 15.2. The molecule has 1 aromatic heterocycles. The predicted octanol–water partition coefficient (Wildman–Crippen LogP) is 2.22. The van der Waals surface area contributed by atoms with E-state index in [9.17, 15) is 9.50 Å². The fourth-order valence-corrected chi connectivity index (χ4v) is 2.58. The molecule has 2 N–H and O–H groups in total. The van der Waals surface area contributed by atoms with Crippen molar-refractivity contribution in [2.45, 2.75) is 45.2 Å². The van der Waals surface area contributed by atoms with Gasteiger partial charge in [0.25, 0.3) is 0 Å². The summed E-state index contributed by atoms with van der Waals surface area (Å²) in [7, 11) is 0. The number of aromatic nitrogens is 1. The highest BCUT2D eigenvalue weighted by atomic mass is 19.1. The topological polar surface area (TPSA) is 54.4 Å². The van der Waals surface area contributed by atoms with E-state index in [1.807, 2.05) is 13.8 Å². The van der Waals surface area contributed by atoms with Crippen LogP contribution in [0.15, 0.2) is 12.1 Å². The van der Waals surface area contributed by atoms with Crippen molar-refractivity contribution in [3.05, 3.63) is 29.3 Å². The van der Waals surface area contributed by atoms with E-state index in [1.165, 1.54) is 6.07 Å². The summed E-state index contributed by atoms with van der Waals surface area (Å²) < 4.78 is 19.3. The molecule has 118 valence electrons. The molecule has 0 saturated carbocycles. The van der Waals surface area contributed by atoms with Crippen molar-refractivity contribution in [1.29, 1.82) is 0 Å². The zero-order valence-corrected chi connectivity index (χ0v) is 12.8. The Balaban J connectivity index is 2.04. The third-order valence-corrected chi connectivity index (χ3v) is 4.11. The number of aliphatic hydroxyl groups is 1. The van der Waals surface area contributed by atoms with Gasteiger partial charge in [0.1, 0.15) is 5.82 Å². The average molecular weight is 296 g/mol. The molecular formula is C16H25FN2O2. The molecule has 0 spiro atoms. The van der Waals surface area contributed by atoms with Crippen LogP contribution in [-0.2, 0) is 11.3 Å². The first-order valence-corrected chi connectivity index (χ1v) is 7.69. The van der Waals surface area contributed by atoms with E-state index < -0.39 is 0 Å². The Hall–Kier alpha value is -1.04. The maximum atomic E-state index is 13.9. The highest BCUT2D eigenvalue weighted by molar-refractivity contribution is 5.17. The number of nitrogens with one attached hydrogen (secondary N) is 1. The van der Waals surface area contributed by atoms with Gasteiger partial charge in [0.05, 0.1) is 12.3 Å². The van der Waals surface area contributed by atoms with Crippen LogP contribution in [0.5, 0.6) is 0 Å². The summed E-state index contributed by atoms with van der Waals surface area (Å²) in [5.74, 6) is 0.354. The summed E-state index contributed by atoms with van der Waals surface area (Å²) in [4.78, 5) is 4.49. The lowest BCUT2D eigenvalue weighted by Gasteiger charge is -2.23. The molecule has 5 heteroatoms. The van der Waals surface area contributed by atoms with Gasteiger partial charge in [0.15, 0.2) is 0 Å². The van der Waals surface area contributed by atoms with Crippen LogP contribution in [0.2, 0.25) is 0 Å². The molecule has 0 radical (unpaired) electrons. The second-order valence-electron chi connectivity index (χ2n) is 5.97. The Kier molecular flexibility index (Phi) is 6.08. The molecule has 0 unspecified atom stereocenters. The molecule has 1 aliphatic rings. The molecule has 2 rings (SSSR count). The monoisotopic (exact) mass is 296 g/mol. The second-order valence-corrected chi connectivity index (χ2v) is 5.97. The number of rotatable bonds is 6. The minimum Gasteiger partial charge on any atom is -0.395 e. The number of aliphatic hydroxyl groups excluding tert-OH is 1. The first-order chi connectivity index (χ1) is 10.1. The number of hydrogen-bond acceptors (Lipinski definition) is 4. The Bertz CT molecular complexity index is 448. The molecule has 1 fully saturated rings. The maximum Gasteiger partial charge on any atom is 0.146 e. The van der Waals surface area contributed by atoms with Gasteiger partial charge >= 0.3 is 0 Å². The van der Waals surface area contributed by atoms with Gasteiger partial charge < -0.3 is 15.2 Å². The highest BCUT2D eigenvalue weighted by Gasteiger charge is 2.19. The van der Waals surface area contributed by atoms with Crippen molar-refractivity contribution in [2.24, 2.45) is 5.92 Å². The molecule has 1 aliphatic heterocycles. The number of pyridine rings is 1. The lowest BCUT2D eigenvalue weighted by molar-refractivity contribution is 0.0844. The van der Waals surface area contributed by atoms with E-state index in [1.54, 1.807) is 6.07 Å². The molecule has 1 saturated heterocycles. The standard InChI is InChI=1S/C16H25FN2O2/c1-11(2)16(10-20)18-9-15-13(17)3-4-14(19-15)12-5-7-21-8-6-12/h3-4,11-12,16,18,20H,5-10H2,1-2H3/t16-/m0/s1. The molecule has 0 amide bonds. The van der Waals surface area contributed by atoms with Crippen LogP contribution in [-0.4, -0.2) is 36.0 Å². The van der Waals surface area contributed by atoms with Crippen molar-refractivity contribution in [3.63, 3.8) is 0 Å². The molecule has 0 aliphatic carbocycles. The molecule has 0 bridgehead atoms. The first-order valence-electron chi connectivity index (χ1n) is 7.69. The van der Waals surface area contributed by atoms with Crippen molar-refractivity contribution in [1.82, 2.24) is 10.3 Å². The van der Waals surface area contributed by atoms with Crippen molar-refractivity contribution in [3.8, 4) is 0 Å². The highest BCUT2D eigenvalue weighted by Crippen LogP contribution is 2.26. The van der Waals surface area contributed by atoms with Gasteiger partial charge in [-0.15, -0.1) is 0 Å². The predicted molar refractivity (Wildman–Crippen MR) is 79.5 cm³/mol. The third kappa shape index (κ3) is 4.46. The zero-order valence-electron chi connectivity index (χ0n) is 12.8. The van der Waals surface area contributed by atoms with Gasteiger partial charge in [-0.2, -0.15) is 0 Å². The van der Waals surface area contributed by atoms with E-state index in [0.717, 1.165) is 31.7 Å². The summed E-state index contributed by atoms with van der Waals surface area (Å²) in [5, 5.41) is 12.5. The van der Waals surface area contributed by atoms with Crippen LogP contribution in [0, 0.1) is 11.7 Å². The fourth-order valence-electron chi connectivity index (χ4n) is 2.58. The summed E-state index contributed by atoms with van der Waals surface area (Å²) >= 11 is 0. The van der Waals surface area contributed by atoms with Gasteiger partial charge in [-0.05, 0) is 30.9 Å². The molecule has 21 heavy (non-hydrogen) atoms. The van der Waals surface area contributed by atoms with Crippen molar-refractivity contribution >= 4 is 0 Å². The largest absolute Gasteiger partial charge is 0.395 e. The van der Waals surface area contributed by atoms with Gasteiger partial charge in [-0.3, -0.25) is 4.98 Å². The SMILES string of the molecule is CC(C)[C@H](CO)NCc1nc(C2CCOCC2)ccc1F. The third-order valence-electron chi connectivity index (χ3n) is 4.11. The molecule has 2 heterocycles. The number of nitrogens with zero attached hydrogens (tertiary/aromatic N) is 1. The smallest absolute Gasteiger partial charge is 0.146 e. The quantitative estimate of drug-likeness (QED) is 0.845. The van der Waals surface area contributed by atoms with E-state index in [-0.39, 0.29) is 24.4 Å². The minimum absolute atomic E-state index is 0.0406. The number of halogens is 1. The summed E-state index contributed by atoms with van der Waals surface area (Å²) in [6.07, 6.45) is 1.88. The van der Waals surface area contributed by atoms with Gasteiger partial charge in [0.2, 0.25) is 0 Å². The van der Waals surface area contributed by atoms with Crippen LogP contribution in [0.1, 0.15) is 44.0 Å². The van der Waals surface area contributed by atoms with Crippen molar-refractivity contribution in [2.75, 3.05) is 19.8 Å². The van der Waals surface area contributed by atoms with Crippen LogP contribution < -0.4 is 5.32 Å². The normalized spacial score (nSPS) is 18.1. The Morgan fingerprint density at radius 2 is 2.10 bits per heavy atom. The fraction of sp³-hybridized carbons (Fsp3) is 0.688. The van der Waals surface area contributed by atoms with E-state index in [2.05, 4.69) is 10.3 Å². The maximum absolute atomic E-state index is 13.9. The minimum atomic E-state index is -0.293. The van der Waals surface area contributed by atoms with E-state index in [0.29, 0.717) is 18.2 Å². The molecule has 4 nitrogen and oxygen atoms in total. The van der Waals surface area contributed by atoms with Crippen LogP contribution >= 0.6 is 0 Å². The van der Waals surface area contributed by atoms with Gasteiger partial charge in [-0.25, -0.2) is 4.39 Å². The molecule has 0 aromatic carbocycles. The summed E-state index contributed by atoms with van der Waals surface area (Å²) in [6.45, 7) is 5.92. The lowest BCUT2D eigenvalue weighted by atomic mass is 9.96. The Labute approximate surface area is 125 Å². The van der Waals surface area contributed by atoms with Crippen molar-refractivity contribution < 1.29 is 14.2 Å². The van der Waals surface area contributed by atoms with Crippen LogP contribution in [0.3, 0.4) is 0 Å². The Morgan fingerprint density at radius 3 is 2.71 bits per heavy atom. The molecular weight excluding hydrogens is 271 g/mol. The van der Waals surface area contributed by atoms with Crippen LogP contribution in [0.25, 0.3) is 0 Å². The first kappa shape index (κ1) is 16.3. The number of hydrogen-bond donors (Lipinski definition) is 2. The molecule has 1 aromatic rings. The van der Waals surface area contributed by atoms with Gasteiger partial charge in [-0.1, -0.05) is 13.8 Å². The summed E-state index contributed by atoms with van der Waals surface area (Å²) in [6, 6.07) is 3.23. The Morgan fingerprint density at radius 1 is 1.38 bits per heavy atom. The average Bonchev–Trinajstić information content (AvgIpc) is 2.50. The number of ether oxygens (including phenoxy) is 1. The summed E-state index contributed by atoms with van der Waals surface area (Å²) in [5.41, 5.74) is 1.37. The lowest BCUT2D eigenvalue weighted by Crippen LogP contribution is -2.37. The van der Waals surface area contributed by atoms with Gasteiger partial charge in [0, 0.05) is 37.4 Å². The molecule has 1 atom stereocenters. The van der Waals surface area contributed by atoms with Crippen LogP contribution in [0.4, 0.5) is 4.39 Å².